The van der Waals surface area contributed by atoms with Crippen LogP contribution >= 0.6 is 11.3 Å². The minimum absolute atomic E-state index is 0.0432. The van der Waals surface area contributed by atoms with Crippen molar-refractivity contribution in [3.05, 3.63) is 45.9 Å². The number of nitrogens with one attached hydrogen (secondary N) is 1. The van der Waals surface area contributed by atoms with E-state index >= 15 is 0 Å². The highest BCUT2D eigenvalue weighted by Gasteiger charge is 2.17. The fraction of sp³-hybridized carbons (Fsp3) is 0.375. The second kappa shape index (κ2) is 8.05. The van der Waals surface area contributed by atoms with Gasteiger partial charge in [0.15, 0.2) is 0 Å². The maximum Gasteiger partial charge on any atom is 0.270 e. The number of carbonyl (C=O) groups excluding carboxylic acids is 1. The molecule has 6 nitrogen and oxygen atoms in total. The van der Waals surface area contributed by atoms with Crippen LogP contribution in [0.15, 0.2) is 29.6 Å². The number of carbonyl (C=O) groups is 1. The standard InChI is InChI=1S/C16H22N4O2S/c1-20(2)14(11-5-4-6-12(7-11)22-3)9-18-16(21)13-10-23-15(8-17)19-13/h4-7,10,14H,8-9,17H2,1-3H3,(H,18,21). The van der Waals surface area contributed by atoms with E-state index < -0.39 is 0 Å². The summed E-state index contributed by atoms with van der Waals surface area (Å²) in [5, 5.41) is 5.42. The van der Waals surface area contributed by atoms with Gasteiger partial charge < -0.3 is 20.7 Å². The highest BCUT2D eigenvalue weighted by molar-refractivity contribution is 7.09. The Balaban J connectivity index is 2.06. The van der Waals surface area contributed by atoms with E-state index in [1.165, 1.54) is 11.3 Å². The number of likely N-dealkylation sites (N-methyl/N-ethyl adjacent to an activating group) is 1. The average Bonchev–Trinajstić information content (AvgIpc) is 3.04. The van der Waals surface area contributed by atoms with Gasteiger partial charge in [0.25, 0.3) is 5.91 Å². The van der Waals surface area contributed by atoms with Gasteiger partial charge in [-0.3, -0.25) is 4.79 Å². The van der Waals surface area contributed by atoms with Crippen LogP contribution in [0.5, 0.6) is 5.75 Å². The Morgan fingerprint density at radius 1 is 1.48 bits per heavy atom. The molecule has 124 valence electrons. The molecular weight excluding hydrogens is 312 g/mol. The summed E-state index contributed by atoms with van der Waals surface area (Å²) in [5.74, 6) is 0.614. The Morgan fingerprint density at radius 2 is 2.26 bits per heavy atom. The Kier molecular flexibility index (Phi) is 6.09. The Labute approximate surface area is 140 Å². The first-order chi connectivity index (χ1) is 11.0. The van der Waals surface area contributed by atoms with E-state index in [0.29, 0.717) is 18.8 Å². The number of benzene rings is 1. The monoisotopic (exact) mass is 334 g/mol. The van der Waals surface area contributed by atoms with Crippen molar-refractivity contribution in [3.63, 3.8) is 0 Å². The molecule has 0 aliphatic rings. The molecule has 0 saturated carbocycles. The van der Waals surface area contributed by atoms with Gasteiger partial charge in [0, 0.05) is 18.5 Å². The second-order valence-electron chi connectivity index (χ2n) is 5.30. The largest absolute Gasteiger partial charge is 0.497 e. The van der Waals surface area contributed by atoms with Crippen LogP contribution in [-0.4, -0.2) is 43.5 Å². The maximum absolute atomic E-state index is 12.2. The Bertz CT molecular complexity index is 657. The summed E-state index contributed by atoms with van der Waals surface area (Å²) < 4.78 is 5.27. The predicted octanol–water partition coefficient (Wildman–Crippen LogP) is 1.64. The van der Waals surface area contributed by atoms with E-state index in [1.54, 1.807) is 12.5 Å². The highest BCUT2D eigenvalue weighted by Crippen LogP contribution is 2.22. The predicted molar refractivity (Wildman–Crippen MR) is 91.8 cm³/mol. The number of nitrogens with zero attached hydrogens (tertiary/aromatic N) is 2. The van der Waals surface area contributed by atoms with E-state index in [9.17, 15) is 4.79 Å². The molecule has 1 amide bonds. The normalized spacial score (nSPS) is 12.2. The van der Waals surface area contributed by atoms with Gasteiger partial charge in [-0.05, 0) is 31.8 Å². The van der Waals surface area contributed by atoms with Crippen LogP contribution in [0.25, 0.3) is 0 Å². The van der Waals surface area contributed by atoms with Gasteiger partial charge in [0.2, 0.25) is 0 Å². The molecule has 1 heterocycles. The number of methoxy groups -OCH3 is 1. The van der Waals surface area contributed by atoms with Gasteiger partial charge >= 0.3 is 0 Å². The average molecular weight is 334 g/mol. The van der Waals surface area contributed by atoms with Crippen molar-refractivity contribution >= 4 is 17.2 Å². The minimum atomic E-state index is -0.185. The molecule has 3 N–H and O–H groups in total. The van der Waals surface area contributed by atoms with Crippen molar-refractivity contribution in [1.82, 2.24) is 15.2 Å². The van der Waals surface area contributed by atoms with Crippen molar-refractivity contribution in [1.29, 1.82) is 0 Å². The van der Waals surface area contributed by atoms with Gasteiger partial charge in [-0.25, -0.2) is 4.98 Å². The molecule has 1 aromatic heterocycles. The lowest BCUT2D eigenvalue weighted by Gasteiger charge is -2.25. The molecule has 0 fully saturated rings. The smallest absolute Gasteiger partial charge is 0.270 e. The third-order valence-electron chi connectivity index (χ3n) is 3.52. The fourth-order valence-corrected chi connectivity index (χ4v) is 2.89. The third kappa shape index (κ3) is 4.51. The second-order valence-corrected chi connectivity index (χ2v) is 6.24. The van der Waals surface area contributed by atoms with Crippen LogP contribution in [0, 0.1) is 0 Å². The van der Waals surface area contributed by atoms with Crippen molar-refractivity contribution < 1.29 is 9.53 Å². The molecule has 1 atom stereocenters. The molecule has 0 spiro atoms. The van der Waals surface area contributed by atoms with Crippen LogP contribution < -0.4 is 15.8 Å². The van der Waals surface area contributed by atoms with E-state index in [1.807, 2.05) is 38.4 Å². The molecule has 1 aromatic carbocycles. The van der Waals surface area contributed by atoms with E-state index in [0.717, 1.165) is 16.3 Å². The van der Waals surface area contributed by atoms with Crippen LogP contribution in [0.4, 0.5) is 0 Å². The summed E-state index contributed by atoms with van der Waals surface area (Å²) in [5.41, 5.74) is 7.02. The number of hydrogen-bond acceptors (Lipinski definition) is 6. The lowest BCUT2D eigenvalue weighted by molar-refractivity contribution is 0.0937. The molecule has 0 bridgehead atoms. The number of nitrogens with two attached hydrogens (primary N) is 1. The zero-order valence-electron chi connectivity index (χ0n) is 13.6. The third-order valence-corrected chi connectivity index (χ3v) is 4.39. The van der Waals surface area contributed by atoms with Gasteiger partial charge in [0.05, 0.1) is 13.2 Å². The summed E-state index contributed by atoms with van der Waals surface area (Å²) in [6.07, 6.45) is 0. The quantitative estimate of drug-likeness (QED) is 0.805. The highest BCUT2D eigenvalue weighted by atomic mass is 32.1. The van der Waals surface area contributed by atoms with Crippen molar-refractivity contribution in [3.8, 4) is 5.75 Å². The molecule has 1 unspecified atom stereocenters. The molecular formula is C16H22N4O2S. The molecule has 0 aliphatic carbocycles. The molecule has 7 heteroatoms. The van der Waals surface area contributed by atoms with Gasteiger partial charge in [-0.2, -0.15) is 0 Å². The van der Waals surface area contributed by atoms with Crippen molar-refractivity contribution in [2.75, 3.05) is 27.7 Å². The number of aromatic nitrogens is 1. The lowest BCUT2D eigenvalue weighted by Crippen LogP contribution is -2.34. The van der Waals surface area contributed by atoms with Crippen molar-refractivity contribution in [2.45, 2.75) is 12.6 Å². The summed E-state index contributed by atoms with van der Waals surface area (Å²) >= 11 is 1.40. The lowest BCUT2D eigenvalue weighted by atomic mass is 10.1. The minimum Gasteiger partial charge on any atom is -0.497 e. The number of ether oxygens (including phenoxy) is 1. The number of thiazole rings is 1. The summed E-state index contributed by atoms with van der Waals surface area (Å²) in [7, 11) is 5.60. The van der Waals surface area contributed by atoms with Crippen LogP contribution in [-0.2, 0) is 6.54 Å². The molecule has 0 radical (unpaired) electrons. The van der Waals surface area contributed by atoms with Gasteiger partial charge in [-0.15, -0.1) is 11.3 Å². The first-order valence-electron chi connectivity index (χ1n) is 7.28. The molecule has 23 heavy (non-hydrogen) atoms. The van der Waals surface area contributed by atoms with Gasteiger partial charge in [-0.1, -0.05) is 12.1 Å². The van der Waals surface area contributed by atoms with E-state index in [4.69, 9.17) is 10.5 Å². The van der Waals surface area contributed by atoms with E-state index in [2.05, 4.69) is 15.2 Å². The van der Waals surface area contributed by atoms with Gasteiger partial charge in [0.1, 0.15) is 16.5 Å². The summed E-state index contributed by atoms with van der Waals surface area (Å²) in [6, 6.07) is 7.89. The van der Waals surface area contributed by atoms with E-state index in [-0.39, 0.29) is 11.9 Å². The number of rotatable bonds is 7. The Hall–Kier alpha value is -1.96. The van der Waals surface area contributed by atoms with Crippen molar-refractivity contribution in [2.24, 2.45) is 5.73 Å². The fourth-order valence-electron chi connectivity index (χ4n) is 2.24. The molecule has 0 saturated heterocycles. The summed E-state index contributed by atoms with van der Waals surface area (Å²) in [6.45, 7) is 0.830. The SMILES string of the molecule is COc1cccc(C(CNC(=O)c2csc(CN)n2)N(C)C)c1. The number of hydrogen-bond donors (Lipinski definition) is 2. The number of amides is 1. The van der Waals surface area contributed by atoms with Crippen LogP contribution in [0.1, 0.15) is 27.1 Å². The zero-order chi connectivity index (χ0) is 16.8. The molecule has 2 rings (SSSR count). The Morgan fingerprint density at radius 3 is 2.87 bits per heavy atom. The summed E-state index contributed by atoms with van der Waals surface area (Å²) in [4.78, 5) is 18.5. The zero-order valence-corrected chi connectivity index (χ0v) is 14.4. The topological polar surface area (TPSA) is 80.5 Å². The molecule has 2 aromatic rings. The van der Waals surface area contributed by atoms with Crippen LogP contribution in [0.3, 0.4) is 0 Å². The molecule has 0 aliphatic heterocycles. The van der Waals surface area contributed by atoms with Crippen LogP contribution in [0.2, 0.25) is 0 Å². The first-order valence-corrected chi connectivity index (χ1v) is 8.16. The maximum atomic E-state index is 12.2. The first kappa shape index (κ1) is 17.4.